The molecule has 5 N–H and O–H groups in total. The number of thiocarbonyl (C=S) groups is 1. The lowest BCUT2D eigenvalue weighted by Crippen LogP contribution is -2.20. The Hall–Kier alpha value is -1.15. The number of aliphatic hydroxyl groups excluding tert-OH is 2. The second kappa shape index (κ2) is 8.21. The van der Waals surface area contributed by atoms with E-state index in [0.717, 1.165) is 17.4 Å². The lowest BCUT2D eigenvalue weighted by atomic mass is 10.0. The molecule has 5 nitrogen and oxygen atoms in total. The Morgan fingerprint density at radius 2 is 2.00 bits per heavy atom. The van der Waals surface area contributed by atoms with Crippen LogP contribution in [0.2, 0.25) is 0 Å². The molecule has 0 amide bonds. The van der Waals surface area contributed by atoms with Gasteiger partial charge in [0.1, 0.15) is 6.10 Å². The average Bonchev–Trinajstić information content (AvgIpc) is 2.37. The minimum absolute atomic E-state index is 0.000120. The van der Waals surface area contributed by atoms with E-state index in [2.05, 4.69) is 5.32 Å². The number of benzene rings is 1. The number of thioether (sulfide) groups is 1. The van der Waals surface area contributed by atoms with Crippen molar-refractivity contribution in [1.29, 1.82) is 0 Å². The summed E-state index contributed by atoms with van der Waals surface area (Å²) in [5.41, 5.74) is 6.66. The first-order valence-corrected chi connectivity index (χ1v) is 7.45. The number of aliphatic hydroxyl groups is 2. The third-order valence-electron chi connectivity index (χ3n) is 2.60. The molecule has 2 unspecified atom stereocenters. The Labute approximate surface area is 127 Å². The van der Waals surface area contributed by atoms with E-state index in [9.17, 15) is 15.0 Å². The molecule has 0 saturated carbocycles. The summed E-state index contributed by atoms with van der Waals surface area (Å²) < 4.78 is 0. The molecular weight excluding hydrogens is 296 g/mol. The molecule has 0 aliphatic rings. The highest BCUT2D eigenvalue weighted by Crippen LogP contribution is 2.22. The molecule has 0 heterocycles. The summed E-state index contributed by atoms with van der Waals surface area (Å²) in [6.45, 7) is 1.47. The zero-order valence-electron chi connectivity index (χ0n) is 11.1. The van der Waals surface area contributed by atoms with Crippen LogP contribution in [0.25, 0.3) is 0 Å². The van der Waals surface area contributed by atoms with Gasteiger partial charge >= 0.3 is 0 Å². The van der Waals surface area contributed by atoms with Crippen molar-refractivity contribution in [2.75, 3.05) is 11.1 Å². The Bertz CT molecular complexity index is 465. The van der Waals surface area contributed by atoms with Gasteiger partial charge in [0, 0.05) is 18.4 Å². The van der Waals surface area contributed by atoms with Gasteiger partial charge < -0.3 is 21.3 Å². The van der Waals surface area contributed by atoms with Crippen molar-refractivity contribution in [3.63, 3.8) is 0 Å². The largest absolute Gasteiger partial charge is 0.390 e. The molecule has 2 atom stereocenters. The fourth-order valence-electron chi connectivity index (χ4n) is 1.61. The van der Waals surface area contributed by atoms with Gasteiger partial charge in [0.15, 0.2) is 10.2 Å². The molecule has 20 heavy (non-hydrogen) atoms. The van der Waals surface area contributed by atoms with E-state index < -0.39 is 12.2 Å². The van der Waals surface area contributed by atoms with Crippen LogP contribution in [-0.2, 0) is 4.79 Å². The fourth-order valence-corrected chi connectivity index (χ4v) is 2.37. The van der Waals surface area contributed by atoms with Crippen molar-refractivity contribution in [2.24, 2.45) is 5.73 Å². The summed E-state index contributed by atoms with van der Waals surface area (Å²) in [6, 6.07) is 6.81. The summed E-state index contributed by atoms with van der Waals surface area (Å²) in [5, 5.41) is 22.8. The van der Waals surface area contributed by atoms with Gasteiger partial charge in [0.25, 0.3) is 0 Å². The van der Waals surface area contributed by atoms with Crippen LogP contribution in [-0.4, -0.2) is 32.3 Å². The van der Waals surface area contributed by atoms with Crippen molar-refractivity contribution in [2.45, 2.75) is 25.6 Å². The maximum Gasteiger partial charge on any atom is 0.185 e. The summed E-state index contributed by atoms with van der Waals surface area (Å²) in [6.07, 6.45) is -1.55. The molecule has 110 valence electrons. The standard InChI is InChI=1S/C13H18N2O3S2/c1-8(16)20-7-6-11(17)12(18)9-2-4-10(5-3-9)15-13(14)19/h2-5,11-12,17-18H,6-7H2,1H3,(H3,14,15,19). The average molecular weight is 314 g/mol. The van der Waals surface area contributed by atoms with Gasteiger partial charge in [-0.25, -0.2) is 0 Å². The zero-order valence-corrected chi connectivity index (χ0v) is 12.7. The van der Waals surface area contributed by atoms with Crippen LogP contribution in [0.15, 0.2) is 24.3 Å². The van der Waals surface area contributed by atoms with Gasteiger partial charge in [-0.15, -0.1) is 0 Å². The highest BCUT2D eigenvalue weighted by atomic mass is 32.2. The number of carbonyl (C=O) groups is 1. The van der Waals surface area contributed by atoms with Crippen molar-refractivity contribution in [3.8, 4) is 0 Å². The van der Waals surface area contributed by atoms with Gasteiger partial charge in [-0.1, -0.05) is 23.9 Å². The second-order valence-electron chi connectivity index (χ2n) is 4.25. The van der Waals surface area contributed by atoms with Crippen molar-refractivity contribution < 1.29 is 15.0 Å². The molecule has 0 aliphatic carbocycles. The first-order chi connectivity index (χ1) is 9.40. The molecular formula is C13H18N2O3S2. The number of hydrogen-bond acceptors (Lipinski definition) is 5. The van der Waals surface area contributed by atoms with Gasteiger partial charge in [-0.05, 0) is 36.3 Å². The summed E-state index contributed by atoms with van der Waals surface area (Å²) in [7, 11) is 0. The van der Waals surface area contributed by atoms with E-state index in [1.807, 2.05) is 0 Å². The smallest absolute Gasteiger partial charge is 0.185 e. The SMILES string of the molecule is CC(=O)SCCC(O)C(O)c1ccc(NC(N)=S)cc1. The van der Waals surface area contributed by atoms with E-state index in [1.165, 1.54) is 6.92 Å². The van der Waals surface area contributed by atoms with Gasteiger partial charge in [-0.2, -0.15) is 0 Å². The molecule has 1 rings (SSSR count). The van der Waals surface area contributed by atoms with Crippen LogP contribution in [0.4, 0.5) is 5.69 Å². The number of rotatable bonds is 6. The predicted molar refractivity (Wildman–Crippen MR) is 85.6 cm³/mol. The van der Waals surface area contributed by atoms with Crippen molar-refractivity contribution >= 4 is 39.9 Å². The first kappa shape index (κ1) is 16.9. The number of hydrogen-bond donors (Lipinski definition) is 4. The Kier molecular flexibility index (Phi) is 6.94. The quantitative estimate of drug-likeness (QED) is 0.590. The third kappa shape index (κ3) is 5.87. The molecule has 1 aromatic carbocycles. The van der Waals surface area contributed by atoms with E-state index >= 15 is 0 Å². The predicted octanol–water partition coefficient (Wildman–Crippen LogP) is 1.41. The Balaban J connectivity index is 2.55. The minimum Gasteiger partial charge on any atom is -0.390 e. The van der Waals surface area contributed by atoms with Crippen LogP contribution < -0.4 is 11.1 Å². The van der Waals surface area contributed by atoms with Gasteiger partial charge in [-0.3, -0.25) is 4.79 Å². The Morgan fingerprint density at radius 3 is 2.50 bits per heavy atom. The van der Waals surface area contributed by atoms with E-state index in [4.69, 9.17) is 18.0 Å². The third-order valence-corrected chi connectivity index (χ3v) is 3.55. The lowest BCUT2D eigenvalue weighted by Gasteiger charge is -2.18. The molecule has 1 aromatic rings. The number of nitrogens with one attached hydrogen (secondary N) is 1. The zero-order chi connectivity index (χ0) is 15.1. The number of carbonyl (C=O) groups excluding carboxylic acids is 1. The van der Waals surface area contributed by atoms with Gasteiger partial charge in [0.05, 0.1) is 6.10 Å². The second-order valence-corrected chi connectivity index (χ2v) is 5.96. The molecule has 0 saturated heterocycles. The minimum atomic E-state index is -0.985. The molecule has 0 spiro atoms. The van der Waals surface area contributed by atoms with Crippen LogP contribution in [0.1, 0.15) is 25.0 Å². The lowest BCUT2D eigenvalue weighted by molar-refractivity contribution is -0.109. The summed E-state index contributed by atoms with van der Waals surface area (Å²) in [4.78, 5) is 10.8. The molecule has 0 aliphatic heterocycles. The summed E-state index contributed by atoms with van der Waals surface area (Å²) in [5.74, 6) is 0.481. The maximum absolute atomic E-state index is 10.8. The molecule has 7 heteroatoms. The van der Waals surface area contributed by atoms with E-state index in [1.54, 1.807) is 24.3 Å². The fraction of sp³-hybridized carbons (Fsp3) is 0.385. The highest BCUT2D eigenvalue weighted by Gasteiger charge is 2.18. The monoisotopic (exact) mass is 314 g/mol. The molecule has 0 aromatic heterocycles. The summed E-state index contributed by atoms with van der Waals surface area (Å²) >= 11 is 5.85. The highest BCUT2D eigenvalue weighted by molar-refractivity contribution is 8.13. The Morgan fingerprint density at radius 1 is 1.40 bits per heavy atom. The van der Waals surface area contributed by atoms with Crippen molar-refractivity contribution in [3.05, 3.63) is 29.8 Å². The molecule has 0 fully saturated rings. The number of anilines is 1. The van der Waals surface area contributed by atoms with Gasteiger partial charge in [0.2, 0.25) is 0 Å². The first-order valence-electron chi connectivity index (χ1n) is 6.06. The van der Waals surface area contributed by atoms with Crippen molar-refractivity contribution in [1.82, 2.24) is 0 Å². The number of nitrogens with two attached hydrogens (primary N) is 1. The van der Waals surface area contributed by atoms with Crippen LogP contribution in [0.3, 0.4) is 0 Å². The molecule has 0 radical (unpaired) electrons. The van der Waals surface area contributed by atoms with Crippen LogP contribution >= 0.6 is 24.0 Å². The van der Waals surface area contributed by atoms with E-state index in [0.29, 0.717) is 17.7 Å². The topological polar surface area (TPSA) is 95.6 Å². The normalized spacial score (nSPS) is 13.6. The maximum atomic E-state index is 10.8. The van der Waals surface area contributed by atoms with E-state index in [-0.39, 0.29) is 10.2 Å². The molecule has 0 bridgehead atoms. The van der Waals surface area contributed by atoms with Crippen LogP contribution in [0.5, 0.6) is 0 Å². The van der Waals surface area contributed by atoms with Crippen LogP contribution in [0, 0.1) is 0 Å².